The third-order valence-corrected chi connectivity index (χ3v) is 4.03. The Labute approximate surface area is 88.6 Å². The van der Waals surface area contributed by atoms with E-state index in [4.69, 9.17) is 5.84 Å². The lowest BCUT2D eigenvalue weighted by Gasteiger charge is -2.22. The Kier molecular flexibility index (Phi) is 3.96. The molecule has 0 aromatic rings. The predicted molar refractivity (Wildman–Crippen MR) is 61.7 cm³/mol. The molecule has 2 unspecified atom stereocenters. The van der Waals surface area contributed by atoms with E-state index in [1.54, 1.807) is 0 Å². The molecule has 0 spiro atoms. The first kappa shape index (κ1) is 12.0. The molecule has 0 heterocycles. The first-order valence-corrected chi connectivity index (χ1v) is 6.01. The lowest BCUT2D eigenvalue weighted by Crippen LogP contribution is -2.39. The Morgan fingerprint density at radius 2 is 1.86 bits per heavy atom. The average Bonchev–Trinajstić information content (AvgIpc) is 2.77. The first-order chi connectivity index (χ1) is 6.55. The summed E-state index contributed by atoms with van der Waals surface area (Å²) >= 11 is 0. The van der Waals surface area contributed by atoms with Gasteiger partial charge < -0.3 is 0 Å². The van der Waals surface area contributed by atoms with Crippen molar-refractivity contribution in [3.05, 3.63) is 0 Å². The fraction of sp³-hybridized carbons (Fsp3) is 1.00. The van der Waals surface area contributed by atoms with Crippen LogP contribution in [-0.2, 0) is 0 Å². The van der Waals surface area contributed by atoms with Crippen LogP contribution in [0.2, 0.25) is 0 Å². The number of nitrogens with one attached hydrogen (secondary N) is 1. The van der Waals surface area contributed by atoms with Crippen LogP contribution in [0.5, 0.6) is 0 Å². The van der Waals surface area contributed by atoms with Gasteiger partial charge in [0.2, 0.25) is 0 Å². The molecule has 0 amide bonds. The Hall–Kier alpha value is -0.0800. The molecule has 1 saturated carbocycles. The Bertz CT molecular complexity index is 173. The summed E-state index contributed by atoms with van der Waals surface area (Å²) in [5.74, 6) is 7.28. The van der Waals surface area contributed by atoms with E-state index in [1.165, 1.54) is 25.7 Å². The minimum absolute atomic E-state index is 0.531. The molecule has 0 radical (unpaired) electrons. The second kappa shape index (κ2) is 4.63. The highest BCUT2D eigenvalue weighted by Gasteiger charge is 2.49. The van der Waals surface area contributed by atoms with Crippen LogP contribution >= 0.6 is 0 Å². The van der Waals surface area contributed by atoms with Crippen molar-refractivity contribution in [3.63, 3.8) is 0 Å². The van der Waals surface area contributed by atoms with Gasteiger partial charge >= 0.3 is 0 Å². The number of hydrogen-bond acceptors (Lipinski definition) is 2. The van der Waals surface area contributed by atoms with Crippen LogP contribution in [0.25, 0.3) is 0 Å². The van der Waals surface area contributed by atoms with Crippen molar-refractivity contribution < 1.29 is 0 Å². The number of nitrogens with two attached hydrogens (primary N) is 1. The predicted octanol–water partition coefficient (Wildman–Crippen LogP) is 2.69. The maximum absolute atomic E-state index is 5.64. The highest BCUT2D eigenvalue weighted by Crippen LogP contribution is 2.54. The molecule has 1 fully saturated rings. The van der Waals surface area contributed by atoms with E-state index in [1.807, 2.05) is 0 Å². The summed E-state index contributed by atoms with van der Waals surface area (Å²) in [5.41, 5.74) is 3.55. The van der Waals surface area contributed by atoms with E-state index in [0.717, 1.165) is 11.8 Å². The van der Waals surface area contributed by atoms with Gasteiger partial charge in [0, 0.05) is 6.04 Å². The lowest BCUT2D eigenvalue weighted by atomic mass is 9.91. The molecule has 84 valence electrons. The summed E-state index contributed by atoms with van der Waals surface area (Å²) in [4.78, 5) is 0. The van der Waals surface area contributed by atoms with Crippen LogP contribution in [0.3, 0.4) is 0 Å². The molecular weight excluding hydrogens is 172 g/mol. The molecule has 2 nitrogen and oxygen atoms in total. The molecule has 14 heavy (non-hydrogen) atoms. The quantitative estimate of drug-likeness (QED) is 0.509. The zero-order valence-corrected chi connectivity index (χ0v) is 10.1. The van der Waals surface area contributed by atoms with Crippen LogP contribution in [0.4, 0.5) is 0 Å². The van der Waals surface area contributed by atoms with E-state index in [-0.39, 0.29) is 0 Å². The van der Waals surface area contributed by atoms with Gasteiger partial charge in [0.1, 0.15) is 0 Å². The molecule has 0 aromatic carbocycles. The number of rotatable bonds is 6. The fourth-order valence-corrected chi connectivity index (χ4v) is 2.52. The fourth-order valence-electron chi connectivity index (χ4n) is 2.52. The van der Waals surface area contributed by atoms with Crippen molar-refractivity contribution >= 4 is 0 Å². The van der Waals surface area contributed by atoms with Crippen molar-refractivity contribution in [3.8, 4) is 0 Å². The molecular formula is C12H26N2. The number of hydrazine groups is 1. The van der Waals surface area contributed by atoms with E-state index >= 15 is 0 Å². The molecule has 0 bridgehead atoms. The second-order valence-corrected chi connectivity index (χ2v) is 5.49. The summed E-state index contributed by atoms with van der Waals surface area (Å²) in [6.45, 7) is 9.24. The van der Waals surface area contributed by atoms with Crippen LogP contribution in [0, 0.1) is 17.3 Å². The van der Waals surface area contributed by atoms with E-state index in [0.29, 0.717) is 11.5 Å². The molecule has 0 aromatic heterocycles. The van der Waals surface area contributed by atoms with Crippen molar-refractivity contribution in [1.82, 2.24) is 5.43 Å². The van der Waals surface area contributed by atoms with Gasteiger partial charge in [-0.1, -0.05) is 40.5 Å². The maximum Gasteiger partial charge on any atom is 0.0246 e. The van der Waals surface area contributed by atoms with Crippen LogP contribution in [0.1, 0.15) is 53.4 Å². The average molecular weight is 198 g/mol. The van der Waals surface area contributed by atoms with Crippen LogP contribution in [0.15, 0.2) is 0 Å². The normalized spacial score (nSPS) is 26.6. The van der Waals surface area contributed by atoms with Crippen molar-refractivity contribution in [2.75, 3.05) is 0 Å². The summed E-state index contributed by atoms with van der Waals surface area (Å²) in [6, 6.07) is 0.537. The van der Waals surface area contributed by atoms with Crippen LogP contribution < -0.4 is 11.3 Å². The number of hydrogen-bond donors (Lipinski definition) is 2. The summed E-state index contributed by atoms with van der Waals surface area (Å²) in [7, 11) is 0. The Balaban J connectivity index is 2.40. The van der Waals surface area contributed by atoms with Gasteiger partial charge in [0.15, 0.2) is 0 Å². The monoisotopic (exact) mass is 198 g/mol. The van der Waals surface area contributed by atoms with E-state index in [9.17, 15) is 0 Å². The third kappa shape index (κ3) is 2.71. The SMILES string of the molecule is CCC(CC)CC(NN)C1CC1(C)C. The molecule has 0 saturated heterocycles. The maximum atomic E-state index is 5.64. The molecule has 1 aliphatic rings. The zero-order valence-electron chi connectivity index (χ0n) is 10.1. The minimum Gasteiger partial charge on any atom is -0.271 e. The van der Waals surface area contributed by atoms with Gasteiger partial charge in [-0.15, -0.1) is 0 Å². The highest BCUT2D eigenvalue weighted by atomic mass is 15.2. The summed E-state index contributed by atoms with van der Waals surface area (Å²) in [5, 5.41) is 0. The van der Waals surface area contributed by atoms with Gasteiger partial charge in [0.25, 0.3) is 0 Å². The first-order valence-electron chi connectivity index (χ1n) is 6.01. The molecule has 2 atom stereocenters. The van der Waals surface area contributed by atoms with Crippen LogP contribution in [-0.4, -0.2) is 6.04 Å². The molecule has 1 aliphatic carbocycles. The Morgan fingerprint density at radius 3 is 2.14 bits per heavy atom. The van der Waals surface area contributed by atoms with Gasteiger partial charge in [-0.3, -0.25) is 11.3 Å². The van der Waals surface area contributed by atoms with Crippen molar-refractivity contribution in [2.45, 2.75) is 59.4 Å². The minimum atomic E-state index is 0.531. The topological polar surface area (TPSA) is 38.0 Å². The highest BCUT2D eigenvalue weighted by molar-refractivity contribution is 5.01. The summed E-state index contributed by atoms with van der Waals surface area (Å²) in [6.07, 6.45) is 5.14. The van der Waals surface area contributed by atoms with Crippen molar-refractivity contribution in [2.24, 2.45) is 23.1 Å². The molecule has 3 N–H and O–H groups in total. The molecule has 1 rings (SSSR count). The van der Waals surface area contributed by atoms with Gasteiger partial charge in [-0.2, -0.15) is 0 Å². The smallest absolute Gasteiger partial charge is 0.0246 e. The molecule has 0 aliphatic heterocycles. The standard InChI is InChI=1S/C12H26N2/c1-5-9(6-2)7-11(14-13)10-8-12(10,3)4/h9-11,14H,5-8,13H2,1-4H3. The zero-order chi connectivity index (χ0) is 10.8. The van der Waals surface area contributed by atoms with Gasteiger partial charge in [-0.05, 0) is 30.1 Å². The third-order valence-electron chi connectivity index (χ3n) is 4.03. The van der Waals surface area contributed by atoms with E-state index < -0.39 is 0 Å². The Morgan fingerprint density at radius 1 is 1.36 bits per heavy atom. The summed E-state index contributed by atoms with van der Waals surface area (Å²) < 4.78 is 0. The molecule has 2 heteroatoms. The lowest BCUT2D eigenvalue weighted by molar-refractivity contribution is 0.319. The largest absolute Gasteiger partial charge is 0.271 e. The van der Waals surface area contributed by atoms with Gasteiger partial charge in [-0.25, -0.2) is 0 Å². The van der Waals surface area contributed by atoms with Gasteiger partial charge in [0.05, 0.1) is 0 Å². The van der Waals surface area contributed by atoms with Crippen molar-refractivity contribution in [1.29, 1.82) is 0 Å². The van der Waals surface area contributed by atoms with E-state index in [2.05, 4.69) is 33.1 Å². The second-order valence-electron chi connectivity index (χ2n) is 5.49.